The van der Waals surface area contributed by atoms with Crippen LogP contribution < -0.4 is 0 Å². The average molecular weight is 270 g/mol. The van der Waals surface area contributed by atoms with Gasteiger partial charge in [-0.25, -0.2) is 9.59 Å². The van der Waals surface area contributed by atoms with Crippen LogP contribution >= 0.6 is 0 Å². The Morgan fingerprint density at radius 1 is 0.947 bits per heavy atom. The first-order valence-electron chi connectivity index (χ1n) is 6.69. The molecule has 2 N–H and O–H groups in total. The van der Waals surface area contributed by atoms with Crippen molar-refractivity contribution in [3.63, 3.8) is 0 Å². The lowest BCUT2D eigenvalue weighted by molar-refractivity contribution is -0.140. The SMILES string of the molecule is CC(C)CC(=C(C(=O)O)C(=O)O)C(C)(C)CC(C)C. The Hall–Kier alpha value is -1.32. The third-order valence-corrected chi connectivity index (χ3v) is 3.08. The number of carboxylic acids is 2. The van der Waals surface area contributed by atoms with E-state index in [-0.39, 0.29) is 5.92 Å². The molecule has 0 bridgehead atoms. The highest BCUT2D eigenvalue weighted by atomic mass is 16.4. The smallest absolute Gasteiger partial charge is 0.343 e. The first kappa shape index (κ1) is 17.7. The molecule has 4 nitrogen and oxygen atoms in total. The van der Waals surface area contributed by atoms with Gasteiger partial charge in [-0.3, -0.25) is 0 Å². The normalized spacial score (nSPS) is 11.8. The first-order valence-corrected chi connectivity index (χ1v) is 6.69. The van der Waals surface area contributed by atoms with Crippen LogP contribution in [0, 0.1) is 17.3 Å². The van der Waals surface area contributed by atoms with Gasteiger partial charge in [-0.2, -0.15) is 0 Å². The van der Waals surface area contributed by atoms with Crippen molar-refractivity contribution in [2.45, 2.75) is 54.4 Å². The van der Waals surface area contributed by atoms with E-state index in [0.29, 0.717) is 17.9 Å². The van der Waals surface area contributed by atoms with Gasteiger partial charge in [0.05, 0.1) is 0 Å². The maximum atomic E-state index is 11.3. The van der Waals surface area contributed by atoms with E-state index < -0.39 is 22.9 Å². The quantitative estimate of drug-likeness (QED) is 0.421. The van der Waals surface area contributed by atoms with Gasteiger partial charge in [-0.05, 0) is 35.7 Å². The third kappa shape index (κ3) is 5.45. The molecule has 0 aromatic heterocycles. The first-order chi connectivity index (χ1) is 8.49. The van der Waals surface area contributed by atoms with Crippen LogP contribution in [-0.4, -0.2) is 22.2 Å². The van der Waals surface area contributed by atoms with Gasteiger partial charge in [0.15, 0.2) is 0 Å². The van der Waals surface area contributed by atoms with E-state index in [1.807, 2.05) is 27.7 Å². The standard InChI is InChI=1S/C15H26O4/c1-9(2)7-11(12(13(16)17)14(18)19)15(5,6)8-10(3)4/h9-10H,7-8H2,1-6H3,(H,16,17)(H,18,19). The number of carbonyl (C=O) groups is 2. The molecule has 4 heteroatoms. The molecule has 0 radical (unpaired) electrons. The molecule has 0 amide bonds. The van der Waals surface area contributed by atoms with Crippen molar-refractivity contribution in [3.8, 4) is 0 Å². The van der Waals surface area contributed by atoms with Crippen molar-refractivity contribution in [3.05, 3.63) is 11.1 Å². The summed E-state index contributed by atoms with van der Waals surface area (Å²) in [5.74, 6) is -2.10. The van der Waals surface area contributed by atoms with E-state index in [1.54, 1.807) is 0 Å². The topological polar surface area (TPSA) is 74.6 Å². The fraction of sp³-hybridized carbons (Fsp3) is 0.733. The number of rotatable bonds is 7. The van der Waals surface area contributed by atoms with E-state index in [2.05, 4.69) is 13.8 Å². The maximum absolute atomic E-state index is 11.3. The van der Waals surface area contributed by atoms with Gasteiger partial charge in [-0.1, -0.05) is 41.5 Å². The lowest BCUT2D eigenvalue weighted by Gasteiger charge is -2.32. The Balaban J connectivity index is 5.84. The zero-order valence-corrected chi connectivity index (χ0v) is 12.8. The van der Waals surface area contributed by atoms with Crippen molar-refractivity contribution in [2.24, 2.45) is 17.3 Å². The number of carboxylic acid groups (broad SMARTS) is 2. The molecule has 0 spiro atoms. The van der Waals surface area contributed by atoms with Crippen molar-refractivity contribution in [1.29, 1.82) is 0 Å². The summed E-state index contributed by atoms with van der Waals surface area (Å²) in [7, 11) is 0. The maximum Gasteiger partial charge on any atom is 0.343 e. The van der Waals surface area contributed by atoms with Crippen molar-refractivity contribution < 1.29 is 19.8 Å². The summed E-state index contributed by atoms with van der Waals surface area (Å²) >= 11 is 0. The van der Waals surface area contributed by atoms with Gasteiger partial charge in [0, 0.05) is 0 Å². The molecule has 0 saturated carbocycles. The summed E-state index contributed by atoms with van der Waals surface area (Å²) in [5.41, 5.74) is -0.347. The molecule has 0 aliphatic heterocycles. The Labute approximate surface area is 115 Å². The summed E-state index contributed by atoms with van der Waals surface area (Å²) in [6, 6.07) is 0. The minimum atomic E-state index is -1.35. The van der Waals surface area contributed by atoms with Gasteiger partial charge in [-0.15, -0.1) is 0 Å². The van der Waals surface area contributed by atoms with Gasteiger partial charge in [0.2, 0.25) is 0 Å². The summed E-state index contributed by atoms with van der Waals surface area (Å²) in [5, 5.41) is 18.4. The van der Waals surface area contributed by atoms with E-state index in [0.717, 1.165) is 6.42 Å². The van der Waals surface area contributed by atoms with Crippen LogP contribution in [0.5, 0.6) is 0 Å². The summed E-state index contributed by atoms with van der Waals surface area (Å²) in [6.07, 6.45) is 1.26. The highest BCUT2D eigenvalue weighted by Gasteiger charge is 2.33. The Kier molecular flexibility index (Phi) is 6.27. The summed E-state index contributed by atoms with van der Waals surface area (Å²) < 4.78 is 0. The number of hydrogen-bond donors (Lipinski definition) is 2. The van der Waals surface area contributed by atoms with E-state index in [1.165, 1.54) is 0 Å². The minimum absolute atomic E-state index is 0.218. The molecule has 0 heterocycles. The fourth-order valence-electron chi connectivity index (χ4n) is 2.62. The second-order valence-corrected chi connectivity index (χ2v) is 6.54. The number of hydrogen-bond acceptors (Lipinski definition) is 2. The average Bonchev–Trinajstić information content (AvgIpc) is 2.12. The van der Waals surface area contributed by atoms with Crippen LogP contribution in [0.15, 0.2) is 11.1 Å². The predicted octanol–water partition coefficient (Wildman–Crippen LogP) is 3.57. The number of aliphatic carboxylic acids is 2. The molecule has 0 aromatic rings. The molecule has 0 aliphatic rings. The summed E-state index contributed by atoms with van der Waals surface area (Å²) in [6.45, 7) is 11.9. The van der Waals surface area contributed by atoms with Gasteiger partial charge < -0.3 is 10.2 Å². The second-order valence-electron chi connectivity index (χ2n) is 6.54. The lowest BCUT2D eigenvalue weighted by Crippen LogP contribution is -2.26. The Morgan fingerprint density at radius 3 is 1.63 bits per heavy atom. The zero-order chi connectivity index (χ0) is 15.4. The molecule has 0 rings (SSSR count). The minimum Gasteiger partial charge on any atom is -0.477 e. The Morgan fingerprint density at radius 2 is 1.37 bits per heavy atom. The van der Waals surface area contributed by atoms with Gasteiger partial charge in [0.1, 0.15) is 5.57 Å². The Bertz CT molecular complexity index is 360. The number of allylic oxidation sites excluding steroid dienone is 1. The fourth-order valence-corrected chi connectivity index (χ4v) is 2.62. The van der Waals surface area contributed by atoms with Crippen LogP contribution in [0.3, 0.4) is 0 Å². The molecule has 0 aromatic carbocycles. The molecule has 19 heavy (non-hydrogen) atoms. The van der Waals surface area contributed by atoms with Crippen molar-refractivity contribution in [1.82, 2.24) is 0 Å². The van der Waals surface area contributed by atoms with E-state index >= 15 is 0 Å². The molecule has 0 fully saturated rings. The highest BCUT2D eigenvalue weighted by molar-refractivity contribution is 6.13. The van der Waals surface area contributed by atoms with Crippen molar-refractivity contribution in [2.75, 3.05) is 0 Å². The predicted molar refractivity (Wildman–Crippen MR) is 75.0 cm³/mol. The molecule has 0 aliphatic carbocycles. The van der Waals surface area contributed by atoms with Crippen molar-refractivity contribution >= 4 is 11.9 Å². The van der Waals surface area contributed by atoms with Crippen LogP contribution in [0.4, 0.5) is 0 Å². The second kappa shape index (κ2) is 6.73. The molecular weight excluding hydrogens is 244 g/mol. The lowest BCUT2D eigenvalue weighted by atomic mass is 9.72. The highest BCUT2D eigenvalue weighted by Crippen LogP contribution is 2.39. The van der Waals surface area contributed by atoms with Crippen LogP contribution in [0.2, 0.25) is 0 Å². The largest absolute Gasteiger partial charge is 0.477 e. The molecule has 0 saturated heterocycles. The molecule has 0 unspecified atom stereocenters. The molecular formula is C15H26O4. The van der Waals surface area contributed by atoms with Gasteiger partial charge >= 0.3 is 11.9 Å². The van der Waals surface area contributed by atoms with E-state index in [9.17, 15) is 19.8 Å². The van der Waals surface area contributed by atoms with Crippen LogP contribution in [0.25, 0.3) is 0 Å². The molecule has 110 valence electrons. The monoisotopic (exact) mass is 270 g/mol. The summed E-state index contributed by atoms with van der Waals surface area (Å²) in [4.78, 5) is 22.5. The van der Waals surface area contributed by atoms with Crippen LogP contribution in [-0.2, 0) is 9.59 Å². The third-order valence-electron chi connectivity index (χ3n) is 3.08. The zero-order valence-electron chi connectivity index (χ0n) is 12.8. The van der Waals surface area contributed by atoms with Gasteiger partial charge in [0.25, 0.3) is 0 Å². The molecule has 0 atom stereocenters. The van der Waals surface area contributed by atoms with Crippen LogP contribution in [0.1, 0.15) is 54.4 Å². The van der Waals surface area contributed by atoms with E-state index in [4.69, 9.17) is 0 Å².